The van der Waals surface area contributed by atoms with Crippen LogP contribution in [0.1, 0.15) is 43.4 Å². The molecule has 1 atom stereocenters. The number of amides is 1. The highest BCUT2D eigenvalue weighted by Gasteiger charge is 2.25. The fourth-order valence-corrected chi connectivity index (χ4v) is 3.45. The molecule has 0 aliphatic carbocycles. The molecule has 1 amide bonds. The second kappa shape index (κ2) is 8.95. The Hall–Kier alpha value is -2.20. The lowest BCUT2D eigenvalue weighted by Crippen LogP contribution is -2.35. The monoisotopic (exact) mass is 355 g/mol. The van der Waals surface area contributed by atoms with Gasteiger partial charge in [0.2, 0.25) is 5.91 Å². The molecule has 3 rings (SSSR count). The van der Waals surface area contributed by atoms with Crippen LogP contribution in [0.3, 0.4) is 0 Å². The van der Waals surface area contributed by atoms with Gasteiger partial charge >= 0.3 is 0 Å². The molecule has 4 heteroatoms. The Morgan fingerprint density at radius 2 is 1.77 bits per heavy atom. The zero-order valence-corrected chi connectivity index (χ0v) is 15.2. The van der Waals surface area contributed by atoms with Crippen LogP contribution < -0.4 is 0 Å². The van der Waals surface area contributed by atoms with Gasteiger partial charge in [0, 0.05) is 26.2 Å². The zero-order chi connectivity index (χ0) is 18.4. The lowest BCUT2D eigenvalue weighted by molar-refractivity contribution is -0.135. The summed E-state index contributed by atoms with van der Waals surface area (Å²) in [7, 11) is 0. The summed E-state index contributed by atoms with van der Waals surface area (Å²) in [6.45, 7) is 4.02. The Bertz CT molecular complexity index is 696. The normalized spacial score (nSPS) is 16.2. The topological polar surface area (TPSA) is 29.5 Å². The number of ether oxygens (including phenoxy) is 1. The van der Waals surface area contributed by atoms with E-state index in [1.165, 1.54) is 12.1 Å². The predicted octanol–water partition coefficient (Wildman–Crippen LogP) is 4.73. The van der Waals surface area contributed by atoms with Crippen LogP contribution in [0.5, 0.6) is 0 Å². The van der Waals surface area contributed by atoms with Crippen molar-refractivity contribution in [3.8, 4) is 0 Å². The van der Waals surface area contributed by atoms with Crippen molar-refractivity contribution >= 4 is 5.91 Å². The van der Waals surface area contributed by atoms with Gasteiger partial charge in [-0.25, -0.2) is 4.39 Å². The van der Waals surface area contributed by atoms with Crippen molar-refractivity contribution < 1.29 is 13.9 Å². The van der Waals surface area contributed by atoms with Crippen LogP contribution in [0.25, 0.3) is 0 Å². The summed E-state index contributed by atoms with van der Waals surface area (Å²) in [5.74, 6) is 0.275. The summed E-state index contributed by atoms with van der Waals surface area (Å²) >= 11 is 0. The summed E-state index contributed by atoms with van der Waals surface area (Å²) in [6.07, 6.45) is 2.42. The molecule has 1 saturated heterocycles. The third kappa shape index (κ3) is 4.92. The third-order valence-corrected chi connectivity index (χ3v) is 5.14. The molecule has 26 heavy (non-hydrogen) atoms. The van der Waals surface area contributed by atoms with Gasteiger partial charge in [-0.15, -0.1) is 0 Å². The van der Waals surface area contributed by atoms with Gasteiger partial charge < -0.3 is 9.64 Å². The highest BCUT2D eigenvalue weighted by Crippen LogP contribution is 2.26. The van der Waals surface area contributed by atoms with Gasteiger partial charge in [-0.1, -0.05) is 42.5 Å². The van der Waals surface area contributed by atoms with Gasteiger partial charge in [0.05, 0.1) is 6.04 Å². The van der Waals surface area contributed by atoms with E-state index >= 15 is 0 Å². The van der Waals surface area contributed by atoms with E-state index < -0.39 is 0 Å². The van der Waals surface area contributed by atoms with Crippen molar-refractivity contribution in [1.29, 1.82) is 0 Å². The van der Waals surface area contributed by atoms with Gasteiger partial charge in [0.1, 0.15) is 5.82 Å². The zero-order valence-electron chi connectivity index (χ0n) is 15.2. The van der Waals surface area contributed by atoms with Crippen molar-refractivity contribution in [2.45, 2.75) is 38.8 Å². The number of halogens is 1. The van der Waals surface area contributed by atoms with Gasteiger partial charge in [0.15, 0.2) is 0 Å². The van der Waals surface area contributed by atoms with Crippen molar-refractivity contribution in [1.82, 2.24) is 4.90 Å². The Labute approximate surface area is 154 Å². The van der Waals surface area contributed by atoms with Crippen molar-refractivity contribution in [3.05, 3.63) is 71.5 Å². The molecule has 1 heterocycles. The van der Waals surface area contributed by atoms with E-state index in [0.29, 0.717) is 18.9 Å². The van der Waals surface area contributed by atoms with E-state index in [0.717, 1.165) is 37.2 Å². The average molecular weight is 355 g/mol. The molecule has 0 saturated carbocycles. The molecule has 1 aliphatic rings. The first-order valence-corrected chi connectivity index (χ1v) is 9.30. The van der Waals surface area contributed by atoms with Crippen LogP contribution in [0.15, 0.2) is 54.6 Å². The number of benzene rings is 2. The maximum atomic E-state index is 13.2. The van der Waals surface area contributed by atoms with E-state index in [1.54, 1.807) is 12.1 Å². The van der Waals surface area contributed by atoms with Crippen molar-refractivity contribution in [3.63, 3.8) is 0 Å². The largest absolute Gasteiger partial charge is 0.381 e. The van der Waals surface area contributed by atoms with E-state index in [4.69, 9.17) is 4.74 Å². The fraction of sp³-hybridized carbons (Fsp3) is 0.409. The minimum atomic E-state index is -0.259. The van der Waals surface area contributed by atoms with Gasteiger partial charge in [-0.05, 0) is 48.9 Å². The molecule has 0 radical (unpaired) electrons. The Morgan fingerprint density at radius 3 is 2.42 bits per heavy atom. The standard InChI is InChI=1S/C22H26FNO2/c1-17(20-5-3-2-4-6-20)24(16-19-7-9-21(23)10-8-19)22(25)15-18-11-13-26-14-12-18/h2-10,17-18H,11-16H2,1H3/t17-/m0/s1. The van der Waals surface area contributed by atoms with Crippen LogP contribution in [0.4, 0.5) is 4.39 Å². The first kappa shape index (κ1) is 18.6. The maximum absolute atomic E-state index is 13.2. The van der Waals surface area contributed by atoms with E-state index in [-0.39, 0.29) is 17.8 Å². The van der Waals surface area contributed by atoms with Crippen molar-refractivity contribution in [2.75, 3.05) is 13.2 Å². The highest BCUT2D eigenvalue weighted by atomic mass is 19.1. The summed E-state index contributed by atoms with van der Waals surface area (Å²) in [6, 6.07) is 16.4. The molecular formula is C22H26FNO2. The highest BCUT2D eigenvalue weighted by molar-refractivity contribution is 5.77. The minimum absolute atomic E-state index is 0.0337. The summed E-state index contributed by atoms with van der Waals surface area (Å²) in [5.41, 5.74) is 2.05. The first-order chi connectivity index (χ1) is 12.6. The molecular weight excluding hydrogens is 329 g/mol. The number of nitrogens with zero attached hydrogens (tertiary/aromatic N) is 1. The molecule has 0 spiro atoms. The first-order valence-electron chi connectivity index (χ1n) is 9.30. The second-order valence-corrected chi connectivity index (χ2v) is 6.99. The van der Waals surface area contributed by atoms with E-state index in [9.17, 15) is 9.18 Å². The lowest BCUT2D eigenvalue weighted by Gasteiger charge is -2.32. The number of carbonyl (C=O) groups is 1. The van der Waals surface area contributed by atoms with Crippen LogP contribution >= 0.6 is 0 Å². The Kier molecular flexibility index (Phi) is 6.40. The Morgan fingerprint density at radius 1 is 1.12 bits per heavy atom. The quantitative estimate of drug-likeness (QED) is 0.749. The molecule has 3 nitrogen and oxygen atoms in total. The molecule has 138 valence electrons. The Balaban J connectivity index is 1.77. The minimum Gasteiger partial charge on any atom is -0.381 e. The van der Waals surface area contributed by atoms with E-state index in [2.05, 4.69) is 6.92 Å². The molecule has 0 N–H and O–H groups in total. The predicted molar refractivity (Wildman–Crippen MR) is 100.0 cm³/mol. The van der Waals surface area contributed by atoms with Crippen LogP contribution in [-0.4, -0.2) is 24.0 Å². The molecule has 1 aliphatic heterocycles. The number of hydrogen-bond acceptors (Lipinski definition) is 2. The third-order valence-electron chi connectivity index (χ3n) is 5.14. The van der Waals surface area contributed by atoms with Gasteiger partial charge in [-0.2, -0.15) is 0 Å². The summed E-state index contributed by atoms with van der Waals surface area (Å²) in [4.78, 5) is 15.0. The molecule has 1 fully saturated rings. The molecule has 0 unspecified atom stereocenters. The SMILES string of the molecule is C[C@@H](c1ccccc1)N(Cc1ccc(F)cc1)C(=O)CC1CCOCC1. The van der Waals surface area contributed by atoms with Gasteiger partial charge in [0.25, 0.3) is 0 Å². The summed E-state index contributed by atoms with van der Waals surface area (Å²) < 4.78 is 18.6. The average Bonchev–Trinajstić information content (AvgIpc) is 2.68. The van der Waals surface area contributed by atoms with E-state index in [1.807, 2.05) is 35.2 Å². The molecule has 0 bridgehead atoms. The molecule has 2 aromatic carbocycles. The van der Waals surface area contributed by atoms with Gasteiger partial charge in [-0.3, -0.25) is 4.79 Å². The van der Waals surface area contributed by atoms with Crippen molar-refractivity contribution in [2.24, 2.45) is 5.92 Å². The molecule has 0 aromatic heterocycles. The summed E-state index contributed by atoms with van der Waals surface area (Å²) in [5, 5.41) is 0. The van der Waals surface area contributed by atoms with Crippen LogP contribution in [-0.2, 0) is 16.1 Å². The number of carbonyl (C=O) groups excluding carboxylic acids is 1. The van der Waals surface area contributed by atoms with Crippen LogP contribution in [0.2, 0.25) is 0 Å². The number of hydrogen-bond donors (Lipinski definition) is 0. The maximum Gasteiger partial charge on any atom is 0.223 e. The van der Waals surface area contributed by atoms with Crippen LogP contribution in [0, 0.1) is 11.7 Å². The fourth-order valence-electron chi connectivity index (χ4n) is 3.45. The second-order valence-electron chi connectivity index (χ2n) is 6.99. The molecule has 2 aromatic rings. The number of rotatable bonds is 6. The smallest absolute Gasteiger partial charge is 0.223 e. The lowest BCUT2D eigenvalue weighted by atomic mass is 9.95.